The minimum atomic E-state index is 0.959. The lowest BCUT2D eigenvalue weighted by atomic mass is 10.2. The van der Waals surface area contributed by atoms with Crippen LogP contribution >= 0.6 is 0 Å². The van der Waals surface area contributed by atoms with Crippen LogP contribution in [0.1, 0.15) is 12.5 Å². The second-order valence-electron chi connectivity index (χ2n) is 3.01. The molecule has 0 bridgehead atoms. The van der Waals surface area contributed by atoms with Crippen LogP contribution in [0.5, 0.6) is 0 Å². The zero-order valence-corrected chi connectivity index (χ0v) is 7.99. The van der Waals surface area contributed by atoms with Crippen molar-refractivity contribution in [3.05, 3.63) is 41.6 Å². The lowest BCUT2D eigenvalue weighted by Gasteiger charge is -1.94. The number of benzene rings is 1. The highest BCUT2D eigenvalue weighted by Crippen LogP contribution is 2.12. The minimum absolute atomic E-state index is 0.959. The maximum absolute atomic E-state index is 5.31. The summed E-state index contributed by atoms with van der Waals surface area (Å²) in [6.07, 6.45) is 3.30. The van der Waals surface area contributed by atoms with Crippen LogP contribution in [0.2, 0.25) is 0 Å². The molecule has 0 aromatic heterocycles. The lowest BCUT2D eigenvalue weighted by molar-refractivity contribution is 1.42. The molecule has 2 nitrogen and oxygen atoms in total. The summed E-state index contributed by atoms with van der Waals surface area (Å²) >= 11 is 0. The van der Waals surface area contributed by atoms with Gasteiger partial charge in [-0.3, -0.25) is 4.99 Å². The van der Waals surface area contributed by atoms with Crippen LogP contribution in [0.4, 0.5) is 5.69 Å². The van der Waals surface area contributed by atoms with Gasteiger partial charge in [0.1, 0.15) is 0 Å². The first-order valence-electron chi connectivity index (χ1n) is 4.21. The van der Waals surface area contributed by atoms with Gasteiger partial charge in [-0.2, -0.15) is 0 Å². The van der Waals surface area contributed by atoms with Gasteiger partial charge >= 0.3 is 0 Å². The predicted octanol–water partition coefficient (Wildman–Crippen LogP) is 2.56. The molecule has 0 fully saturated rings. The Hall–Kier alpha value is -1.57. The molecule has 0 aliphatic heterocycles. The average molecular weight is 174 g/mol. The Morgan fingerprint density at radius 2 is 2.23 bits per heavy atom. The third-order valence-electron chi connectivity index (χ3n) is 1.68. The molecule has 1 aromatic carbocycles. The first-order valence-corrected chi connectivity index (χ1v) is 4.21. The largest absolute Gasteiger partial charge is 0.404 e. The van der Waals surface area contributed by atoms with Gasteiger partial charge in [0.25, 0.3) is 0 Å². The first-order chi connectivity index (χ1) is 6.22. The Bertz CT molecular complexity index is 338. The molecule has 2 N–H and O–H groups in total. The number of hydrogen-bond acceptors (Lipinski definition) is 2. The van der Waals surface area contributed by atoms with E-state index in [1.54, 1.807) is 12.4 Å². The van der Waals surface area contributed by atoms with Crippen molar-refractivity contribution in [2.24, 2.45) is 10.7 Å². The summed E-state index contributed by atoms with van der Waals surface area (Å²) in [6, 6.07) is 8.03. The second kappa shape index (κ2) is 4.45. The summed E-state index contributed by atoms with van der Waals surface area (Å²) in [5.41, 5.74) is 8.44. The fourth-order valence-corrected chi connectivity index (χ4v) is 0.928. The molecule has 1 aromatic rings. The van der Waals surface area contributed by atoms with Crippen LogP contribution in [0.25, 0.3) is 0 Å². The standard InChI is InChI=1S/C11H14N2/c1-9-4-3-5-11(6-9)13-8-10(2)7-12/h3-8H,12H2,1-2H3/b10-7-,13-8?. The van der Waals surface area contributed by atoms with E-state index in [0.717, 1.165) is 11.3 Å². The van der Waals surface area contributed by atoms with Crippen molar-refractivity contribution in [1.29, 1.82) is 0 Å². The molecule has 0 radical (unpaired) electrons. The number of nitrogens with zero attached hydrogens (tertiary/aromatic N) is 1. The zero-order chi connectivity index (χ0) is 9.68. The van der Waals surface area contributed by atoms with E-state index in [9.17, 15) is 0 Å². The number of aryl methyl sites for hydroxylation is 1. The van der Waals surface area contributed by atoms with Crippen molar-refractivity contribution >= 4 is 11.9 Å². The van der Waals surface area contributed by atoms with Crippen LogP contribution in [0.15, 0.2) is 41.0 Å². The fraction of sp³-hybridized carbons (Fsp3) is 0.182. The van der Waals surface area contributed by atoms with Crippen molar-refractivity contribution in [2.45, 2.75) is 13.8 Å². The number of nitrogens with two attached hydrogens (primary N) is 1. The van der Waals surface area contributed by atoms with Gasteiger partial charge in [-0.1, -0.05) is 12.1 Å². The van der Waals surface area contributed by atoms with E-state index in [4.69, 9.17) is 5.73 Å². The fourth-order valence-electron chi connectivity index (χ4n) is 0.928. The topological polar surface area (TPSA) is 38.4 Å². The Morgan fingerprint density at radius 1 is 1.46 bits per heavy atom. The Labute approximate surface area is 78.8 Å². The monoisotopic (exact) mass is 174 g/mol. The van der Waals surface area contributed by atoms with Gasteiger partial charge in [-0.15, -0.1) is 0 Å². The maximum atomic E-state index is 5.31. The number of rotatable bonds is 2. The van der Waals surface area contributed by atoms with Gasteiger partial charge < -0.3 is 5.73 Å². The van der Waals surface area contributed by atoms with Gasteiger partial charge in [-0.05, 0) is 43.3 Å². The molecule has 0 amide bonds. The quantitative estimate of drug-likeness (QED) is 0.687. The smallest absolute Gasteiger partial charge is 0.0632 e. The van der Waals surface area contributed by atoms with Gasteiger partial charge in [0, 0.05) is 6.21 Å². The minimum Gasteiger partial charge on any atom is -0.404 e. The molecule has 0 unspecified atom stereocenters. The summed E-state index contributed by atoms with van der Waals surface area (Å²) in [6.45, 7) is 3.96. The van der Waals surface area contributed by atoms with Crippen molar-refractivity contribution in [3.8, 4) is 0 Å². The summed E-state index contributed by atoms with van der Waals surface area (Å²) < 4.78 is 0. The van der Waals surface area contributed by atoms with Gasteiger partial charge in [-0.25, -0.2) is 0 Å². The highest BCUT2D eigenvalue weighted by Gasteiger charge is 1.87. The van der Waals surface area contributed by atoms with Crippen molar-refractivity contribution in [1.82, 2.24) is 0 Å². The molecule has 0 saturated carbocycles. The summed E-state index contributed by atoms with van der Waals surface area (Å²) in [5, 5.41) is 0. The normalized spacial score (nSPS) is 12.3. The number of aliphatic imine (C=N–C) groups is 1. The third kappa shape index (κ3) is 3.11. The summed E-state index contributed by atoms with van der Waals surface area (Å²) in [7, 11) is 0. The predicted molar refractivity (Wildman–Crippen MR) is 57.3 cm³/mol. The van der Waals surface area contributed by atoms with E-state index in [-0.39, 0.29) is 0 Å². The van der Waals surface area contributed by atoms with Gasteiger partial charge in [0.05, 0.1) is 5.69 Å². The van der Waals surface area contributed by atoms with Crippen LogP contribution in [0, 0.1) is 6.92 Å². The number of allylic oxidation sites excluding steroid dienone is 1. The van der Waals surface area contributed by atoms with E-state index in [1.165, 1.54) is 5.56 Å². The van der Waals surface area contributed by atoms with E-state index in [0.29, 0.717) is 0 Å². The molecule has 68 valence electrons. The van der Waals surface area contributed by atoms with Crippen LogP contribution in [0.3, 0.4) is 0 Å². The molecule has 0 saturated heterocycles. The van der Waals surface area contributed by atoms with Crippen molar-refractivity contribution in [3.63, 3.8) is 0 Å². The van der Waals surface area contributed by atoms with Crippen LogP contribution in [-0.2, 0) is 0 Å². The van der Waals surface area contributed by atoms with Gasteiger partial charge in [0.15, 0.2) is 0 Å². The Balaban J connectivity index is 2.80. The van der Waals surface area contributed by atoms with Crippen molar-refractivity contribution < 1.29 is 0 Å². The highest BCUT2D eigenvalue weighted by molar-refractivity contribution is 5.80. The lowest BCUT2D eigenvalue weighted by Crippen LogP contribution is -1.84. The third-order valence-corrected chi connectivity index (χ3v) is 1.68. The summed E-state index contributed by atoms with van der Waals surface area (Å²) in [5.74, 6) is 0. The molecule has 2 heteroatoms. The SMILES string of the molecule is C/C(C=Nc1cccc(C)c1)=C/N. The van der Waals surface area contributed by atoms with E-state index < -0.39 is 0 Å². The molecular formula is C11H14N2. The molecule has 0 aliphatic carbocycles. The second-order valence-corrected chi connectivity index (χ2v) is 3.01. The molecular weight excluding hydrogens is 160 g/mol. The van der Waals surface area contributed by atoms with E-state index in [1.807, 2.05) is 38.1 Å². The molecule has 0 heterocycles. The average Bonchev–Trinajstić information content (AvgIpc) is 2.14. The Morgan fingerprint density at radius 3 is 2.85 bits per heavy atom. The number of hydrogen-bond donors (Lipinski definition) is 1. The molecule has 0 spiro atoms. The maximum Gasteiger partial charge on any atom is 0.0632 e. The van der Waals surface area contributed by atoms with E-state index in [2.05, 4.69) is 4.99 Å². The zero-order valence-electron chi connectivity index (χ0n) is 7.99. The summed E-state index contributed by atoms with van der Waals surface area (Å²) in [4.78, 5) is 4.26. The van der Waals surface area contributed by atoms with Crippen LogP contribution in [-0.4, -0.2) is 6.21 Å². The molecule has 0 atom stereocenters. The van der Waals surface area contributed by atoms with Gasteiger partial charge in [0.2, 0.25) is 0 Å². The molecule has 0 aliphatic rings. The Kier molecular flexibility index (Phi) is 3.26. The molecule has 1 rings (SSSR count). The molecule has 13 heavy (non-hydrogen) atoms. The van der Waals surface area contributed by atoms with Crippen molar-refractivity contribution in [2.75, 3.05) is 0 Å². The van der Waals surface area contributed by atoms with Crippen LogP contribution < -0.4 is 5.73 Å². The van der Waals surface area contributed by atoms with E-state index >= 15 is 0 Å². The highest BCUT2D eigenvalue weighted by atomic mass is 14.7. The first kappa shape index (κ1) is 9.52.